The number of hydrogen-bond acceptors (Lipinski definition) is 4. The highest BCUT2D eigenvalue weighted by Crippen LogP contribution is 2.08. The number of carbonyl (C=O) groups is 1. The van der Waals surface area contributed by atoms with Crippen molar-refractivity contribution < 1.29 is 4.79 Å². The van der Waals surface area contributed by atoms with E-state index < -0.39 is 0 Å². The molecule has 5 nitrogen and oxygen atoms in total. The molecule has 106 valence electrons. The summed E-state index contributed by atoms with van der Waals surface area (Å²) in [4.78, 5) is 30.9. The second-order valence-electron chi connectivity index (χ2n) is 4.68. The van der Waals surface area contributed by atoms with Gasteiger partial charge in [0, 0.05) is 31.4 Å². The van der Waals surface area contributed by atoms with Crippen molar-refractivity contribution in [1.29, 1.82) is 0 Å². The fourth-order valence-corrected chi connectivity index (χ4v) is 2.78. The monoisotopic (exact) mass is 299 g/mol. The topological polar surface area (TPSA) is 54.7 Å². The molecule has 0 N–H and O–H groups in total. The molecule has 0 atom stereocenters. The lowest BCUT2D eigenvalue weighted by Crippen LogP contribution is -2.32. The molecule has 0 bridgehead atoms. The van der Waals surface area contributed by atoms with Crippen LogP contribution in [-0.2, 0) is 6.54 Å². The third kappa shape index (κ3) is 2.57. The predicted molar refractivity (Wildman–Crippen MR) is 81.6 cm³/mol. The van der Waals surface area contributed by atoms with Crippen LogP contribution in [0.25, 0.3) is 4.96 Å². The van der Waals surface area contributed by atoms with Gasteiger partial charge in [-0.2, -0.15) is 0 Å². The molecule has 0 aliphatic carbocycles. The Balaban J connectivity index is 1.89. The van der Waals surface area contributed by atoms with E-state index in [2.05, 4.69) is 4.98 Å². The molecular formula is C15H13N3O2S. The highest BCUT2D eigenvalue weighted by Gasteiger charge is 2.17. The van der Waals surface area contributed by atoms with Gasteiger partial charge in [0.05, 0.1) is 0 Å². The van der Waals surface area contributed by atoms with Gasteiger partial charge in [0.1, 0.15) is 5.56 Å². The van der Waals surface area contributed by atoms with E-state index in [4.69, 9.17) is 0 Å². The average Bonchev–Trinajstić information content (AvgIpc) is 2.97. The van der Waals surface area contributed by atoms with Crippen LogP contribution in [0.3, 0.4) is 0 Å². The summed E-state index contributed by atoms with van der Waals surface area (Å²) in [6, 6.07) is 9.64. The molecular weight excluding hydrogens is 286 g/mol. The Morgan fingerprint density at radius 3 is 2.86 bits per heavy atom. The first kappa shape index (κ1) is 13.5. The van der Waals surface area contributed by atoms with Crippen LogP contribution >= 0.6 is 11.3 Å². The highest BCUT2D eigenvalue weighted by molar-refractivity contribution is 7.15. The zero-order chi connectivity index (χ0) is 14.8. The lowest BCUT2D eigenvalue weighted by Gasteiger charge is -2.16. The number of amides is 1. The summed E-state index contributed by atoms with van der Waals surface area (Å²) in [5, 5.41) is 1.77. The van der Waals surface area contributed by atoms with Gasteiger partial charge >= 0.3 is 0 Å². The maximum atomic E-state index is 12.4. The van der Waals surface area contributed by atoms with Crippen molar-refractivity contribution in [2.24, 2.45) is 0 Å². The molecule has 0 fully saturated rings. The number of thiazole rings is 1. The van der Waals surface area contributed by atoms with Crippen LogP contribution in [0.5, 0.6) is 0 Å². The Labute approximate surface area is 125 Å². The van der Waals surface area contributed by atoms with Crippen LogP contribution in [-0.4, -0.2) is 27.2 Å². The van der Waals surface area contributed by atoms with E-state index in [1.54, 1.807) is 18.6 Å². The minimum atomic E-state index is -0.328. The first-order chi connectivity index (χ1) is 10.2. The molecule has 0 radical (unpaired) electrons. The average molecular weight is 299 g/mol. The van der Waals surface area contributed by atoms with E-state index in [1.165, 1.54) is 26.8 Å². The van der Waals surface area contributed by atoms with Gasteiger partial charge in [0.15, 0.2) is 4.96 Å². The summed E-state index contributed by atoms with van der Waals surface area (Å²) < 4.78 is 1.40. The molecule has 0 saturated carbocycles. The van der Waals surface area contributed by atoms with Crippen LogP contribution < -0.4 is 5.56 Å². The van der Waals surface area contributed by atoms with Crippen molar-refractivity contribution in [1.82, 2.24) is 14.3 Å². The Bertz CT molecular complexity index is 839. The lowest BCUT2D eigenvalue weighted by molar-refractivity contribution is 0.0782. The highest BCUT2D eigenvalue weighted by atomic mass is 32.1. The SMILES string of the molecule is CN(Cc1ccccc1)C(=O)c1cnc2sccn2c1=O. The van der Waals surface area contributed by atoms with Gasteiger partial charge in [-0.15, -0.1) is 11.3 Å². The molecule has 21 heavy (non-hydrogen) atoms. The van der Waals surface area contributed by atoms with Crippen molar-refractivity contribution in [3.05, 3.63) is 69.6 Å². The van der Waals surface area contributed by atoms with E-state index in [0.29, 0.717) is 11.5 Å². The number of fused-ring (bicyclic) bond motifs is 1. The summed E-state index contributed by atoms with van der Waals surface area (Å²) in [6.07, 6.45) is 2.99. The maximum absolute atomic E-state index is 12.4. The zero-order valence-corrected chi connectivity index (χ0v) is 12.2. The van der Waals surface area contributed by atoms with Gasteiger partial charge in [-0.3, -0.25) is 14.0 Å². The quantitative estimate of drug-likeness (QED) is 0.743. The number of benzene rings is 1. The minimum Gasteiger partial charge on any atom is -0.337 e. The molecule has 1 amide bonds. The number of hydrogen-bond donors (Lipinski definition) is 0. The van der Waals surface area contributed by atoms with Crippen LogP contribution in [0.15, 0.2) is 52.9 Å². The summed E-state index contributed by atoms with van der Waals surface area (Å²) in [7, 11) is 1.68. The Kier molecular flexibility index (Phi) is 3.53. The molecule has 0 saturated heterocycles. The molecule has 1 aromatic carbocycles. The van der Waals surface area contributed by atoms with E-state index in [1.807, 2.05) is 30.3 Å². The number of nitrogens with zero attached hydrogens (tertiary/aromatic N) is 3. The Hall–Kier alpha value is -2.47. The van der Waals surface area contributed by atoms with Gasteiger partial charge < -0.3 is 4.90 Å². The van der Waals surface area contributed by atoms with Gasteiger partial charge in [-0.05, 0) is 5.56 Å². The fraction of sp³-hybridized carbons (Fsp3) is 0.133. The van der Waals surface area contributed by atoms with Crippen molar-refractivity contribution in [3.63, 3.8) is 0 Å². The molecule has 0 unspecified atom stereocenters. The maximum Gasteiger partial charge on any atom is 0.271 e. The standard InChI is InChI=1S/C15H13N3O2S/c1-17(10-11-5-3-2-4-6-11)13(19)12-9-16-15-18(14(12)20)7-8-21-15/h2-9H,10H2,1H3. The number of rotatable bonds is 3. The number of carbonyl (C=O) groups excluding carboxylic acids is 1. The van der Waals surface area contributed by atoms with Crippen LogP contribution in [0.2, 0.25) is 0 Å². The molecule has 0 aliphatic heterocycles. The van der Waals surface area contributed by atoms with Crippen molar-refractivity contribution in [2.75, 3.05) is 7.05 Å². The largest absolute Gasteiger partial charge is 0.337 e. The van der Waals surface area contributed by atoms with E-state index in [-0.39, 0.29) is 17.0 Å². The second-order valence-corrected chi connectivity index (χ2v) is 5.55. The molecule has 2 heterocycles. The predicted octanol–water partition coefficient (Wildman–Crippen LogP) is 2.03. The van der Waals surface area contributed by atoms with E-state index >= 15 is 0 Å². The minimum absolute atomic E-state index is 0.0873. The van der Waals surface area contributed by atoms with E-state index in [9.17, 15) is 9.59 Å². The van der Waals surface area contributed by atoms with Crippen molar-refractivity contribution in [3.8, 4) is 0 Å². The molecule has 0 aliphatic rings. The molecule has 3 aromatic rings. The smallest absolute Gasteiger partial charge is 0.271 e. The third-order valence-electron chi connectivity index (χ3n) is 3.18. The summed E-state index contributed by atoms with van der Waals surface area (Å²) in [6.45, 7) is 0.450. The fourth-order valence-electron chi connectivity index (χ4n) is 2.11. The molecule has 2 aromatic heterocycles. The van der Waals surface area contributed by atoms with Crippen LogP contribution in [0, 0.1) is 0 Å². The Morgan fingerprint density at radius 1 is 1.33 bits per heavy atom. The van der Waals surface area contributed by atoms with Crippen LogP contribution in [0.1, 0.15) is 15.9 Å². The van der Waals surface area contributed by atoms with Gasteiger partial charge in [-0.1, -0.05) is 30.3 Å². The second kappa shape index (κ2) is 5.49. The first-order valence-corrected chi connectivity index (χ1v) is 7.29. The summed E-state index contributed by atoms with van der Waals surface area (Å²) in [5.41, 5.74) is 0.772. The van der Waals surface area contributed by atoms with Gasteiger partial charge in [-0.25, -0.2) is 4.98 Å². The van der Waals surface area contributed by atoms with Gasteiger partial charge in [0.2, 0.25) is 0 Å². The number of aromatic nitrogens is 2. The molecule has 3 rings (SSSR count). The van der Waals surface area contributed by atoms with Crippen molar-refractivity contribution >= 4 is 22.2 Å². The molecule has 0 spiro atoms. The Morgan fingerprint density at radius 2 is 2.10 bits per heavy atom. The first-order valence-electron chi connectivity index (χ1n) is 6.41. The lowest BCUT2D eigenvalue weighted by atomic mass is 10.2. The zero-order valence-electron chi connectivity index (χ0n) is 11.4. The van der Waals surface area contributed by atoms with Gasteiger partial charge in [0.25, 0.3) is 11.5 Å². The normalized spacial score (nSPS) is 10.7. The third-order valence-corrected chi connectivity index (χ3v) is 3.95. The van der Waals surface area contributed by atoms with E-state index in [0.717, 1.165) is 5.56 Å². The summed E-state index contributed by atoms with van der Waals surface area (Å²) >= 11 is 1.36. The summed E-state index contributed by atoms with van der Waals surface area (Å²) in [5.74, 6) is -0.322. The van der Waals surface area contributed by atoms with Crippen LogP contribution in [0.4, 0.5) is 0 Å². The molecule has 6 heteroatoms. The van der Waals surface area contributed by atoms with Crippen molar-refractivity contribution in [2.45, 2.75) is 6.54 Å².